The summed E-state index contributed by atoms with van der Waals surface area (Å²) in [4.78, 5) is 12.6. The number of hydrogen-bond donors (Lipinski definition) is 0. The summed E-state index contributed by atoms with van der Waals surface area (Å²) in [6.45, 7) is 6.24. The zero-order valence-electron chi connectivity index (χ0n) is 19.7. The molecule has 2 aliphatic rings. The summed E-state index contributed by atoms with van der Waals surface area (Å²) < 4.78 is 0. The summed E-state index contributed by atoms with van der Waals surface area (Å²) in [5, 5.41) is 5.67. The van der Waals surface area contributed by atoms with Gasteiger partial charge in [0.15, 0.2) is 0 Å². The van der Waals surface area contributed by atoms with Gasteiger partial charge in [-0.3, -0.25) is 9.97 Å². The van der Waals surface area contributed by atoms with Gasteiger partial charge in [-0.2, -0.15) is 0 Å². The monoisotopic (exact) mass is 438 g/mol. The highest BCUT2D eigenvalue weighted by atomic mass is 15.2. The Morgan fingerprint density at radius 2 is 1.52 bits per heavy atom. The van der Waals surface area contributed by atoms with Crippen molar-refractivity contribution in [2.75, 3.05) is 39.8 Å². The Labute approximate surface area is 197 Å². The third-order valence-electron chi connectivity index (χ3n) is 7.37. The number of rotatable bonds is 3. The lowest BCUT2D eigenvalue weighted by atomic mass is 9.79. The van der Waals surface area contributed by atoms with Crippen LogP contribution in [0.2, 0.25) is 0 Å². The predicted octanol–water partition coefficient (Wildman–Crippen LogP) is 5.21. The molecule has 170 valence electrons. The van der Waals surface area contributed by atoms with Crippen molar-refractivity contribution in [2.45, 2.75) is 25.7 Å². The number of benzene rings is 3. The quantitative estimate of drug-likeness (QED) is 0.411. The van der Waals surface area contributed by atoms with Crippen molar-refractivity contribution in [1.82, 2.24) is 19.8 Å². The first-order valence-corrected chi connectivity index (χ1v) is 12.3. The van der Waals surface area contributed by atoms with E-state index >= 15 is 0 Å². The summed E-state index contributed by atoms with van der Waals surface area (Å²) in [6.07, 6.45) is 11.8. The first-order chi connectivity index (χ1) is 16.3. The minimum atomic E-state index is 0.857. The zero-order chi connectivity index (χ0) is 22.5. The maximum absolute atomic E-state index is 3.72. The number of aromatic nitrogens is 2. The van der Waals surface area contributed by atoms with Crippen LogP contribution in [0.5, 0.6) is 0 Å². The van der Waals surface area contributed by atoms with E-state index in [4.69, 9.17) is 0 Å². The van der Waals surface area contributed by atoms with Gasteiger partial charge in [-0.25, -0.2) is 0 Å². The minimum absolute atomic E-state index is 0.857. The van der Waals surface area contributed by atoms with E-state index in [9.17, 15) is 0 Å². The summed E-state index contributed by atoms with van der Waals surface area (Å²) in [7, 11) is 2.24. The van der Waals surface area contributed by atoms with Crippen molar-refractivity contribution in [3.05, 3.63) is 84.4 Å². The van der Waals surface area contributed by atoms with Crippen molar-refractivity contribution in [3.63, 3.8) is 0 Å². The maximum Gasteiger partial charge on any atom is 0.0451 e. The van der Waals surface area contributed by atoms with Crippen molar-refractivity contribution in [1.29, 1.82) is 0 Å². The van der Waals surface area contributed by atoms with Gasteiger partial charge in [0.25, 0.3) is 0 Å². The molecule has 0 amide bonds. The van der Waals surface area contributed by atoms with E-state index in [1.54, 1.807) is 35.9 Å². The molecule has 0 N–H and O–H groups in total. The third kappa shape index (κ3) is 5.23. The molecule has 1 aromatic heterocycles. The van der Waals surface area contributed by atoms with Crippen LogP contribution in [-0.4, -0.2) is 59.5 Å². The van der Waals surface area contributed by atoms with Crippen LogP contribution in [0.15, 0.2) is 73.3 Å². The van der Waals surface area contributed by atoms with Crippen LogP contribution in [0.1, 0.15) is 24.0 Å². The SMILES string of the molecule is CN1CCN(CCC2CCc3c(ccc4c3ccc3ccccc34)C2)CC1.c1cnccn1. The molecule has 0 radical (unpaired) electrons. The van der Waals surface area contributed by atoms with Gasteiger partial charge in [0, 0.05) is 51.0 Å². The highest BCUT2D eigenvalue weighted by Crippen LogP contribution is 2.35. The highest BCUT2D eigenvalue weighted by molar-refractivity contribution is 6.08. The first-order valence-electron chi connectivity index (χ1n) is 12.3. The fourth-order valence-electron chi connectivity index (χ4n) is 5.38. The van der Waals surface area contributed by atoms with Crippen LogP contribution in [0, 0.1) is 5.92 Å². The van der Waals surface area contributed by atoms with Gasteiger partial charge in [-0.1, -0.05) is 48.5 Å². The van der Waals surface area contributed by atoms with E-state index in [0.29, 0.717) is 0 Å². The Balaban J connectivity index is 0.000000332. The van der Waals surface area contributed by atoms with E-state index in [0.717, 1.165) is 5.92 Å². The molecule has 0 bridgehead atoms. The van der Waals surface area contributed by atoms with E-state index in [-0.39, 0.29) is 0 Å². The Kier molecular flexibility index (Phi) is 6.94. The molecular formula is C29H34N4. The Morgan fingerprint density at radius 3 is 2.27 bits per heavy atom. The number of piperazine rings is 1. The summed E-state index contributed by atoms with van der Waals surface area (Å²) in [5.41, 5.74) is 3.22. The van der Waals surface area contributed by atoms with Crippen molar-refractivity contribution in [3.8, 4) is 0 Å². The number of likely N-dealkylation sites (N-methyl/N-ethyl adjacent to an activating group) is 1. The van der Waals surface area contributed by atoms with Crippen LogP contribution < -0.4 is 0 Å². The van der Waals surface area contributed by atoms with Crippen LogP contribution in [-0.2, 0) is 12.8 Å². The molecule has 6 rings (SSSR count). The molecule has 4 nitrogen and oxygen atoms in total. The largest absolute Gasteiger partial charge is 0.304 e. The molecule has 4 aromatic rings. The molecule has 33 heavy (non-hydrogen) atoms. The van der Waals surface area contributed by atoms with Gasteiger partial charge < -0.3 is 9.80 Å². The molecule has 1 saturated heterocycles. The van der Waals surface area contributed by atoms with Crippen LogP contribution in [0.25, 0.3) is 21.5 Å². The number of aryl methyl sites for hydroxylation is 1. The summed E-state index contributed by atoms with van der Waals surface area (Å²) in [6, 6.07) is 18.3. The lowest BCUT2D eigenvalue weighted by Crippen LogP contribution is -2.45. The molecule has 1 aliphatic carbocycles. The minimum Gasteiger partial charge on any atom is -0.304 e. The smallest absolute Gasteiger partial charge is 0.0451 e. The van der Waals surface area contributed by atoms with E-state index < -0.39 is 0 Å². The average molecular weight is 439 g/mol. The normalized spacial score (nSPS) is 19.1. The molecule has 1 aliphatic heterocycles. The Morgan fingerprint density at radius 1 is 0.788 bits per heavy atom. The van der Waals surface area contributed by atoms with Crippen molar-refractivity contribution >= 4 is 21.5 Å². The van der Waals surface area contributed by atoms with Gasteiger partial charge in [-0.05, 0) is 77.9 Å². The second kappa shape index (κ2) is 10.4. The van der Waals surface area contributed by atoms with Crippen LogP contribution in [0.4, 0.5) is 0 Å². The average Bonchev–Trinajstić information content (AvgIpc) is 2.89. The first kappa shape index (κ1) is 22.0. The zero-order valence-corrected chi connectivity index (χ0v) is 19.7. The second-order valence-corrected chi connectivity index (χ2v) is 9.52. The fraction of sp³-hybridized carbons (Fsp3) is 0.379. The van der Waals surface area contributed by atoms with Gasteiger partial charge in [-0.15, -0.1) is 0 Å². The molecule has 1 unspecified atom stereocenters. The lowest BCUT2D eigenvalue weighted by Gasteiger charge is -2.34. The Hall–Kier alpha value is -2.82. The lowest BCUT2D eigenvalue weighted by molar-refractivity contribution is 0.145. The van der Waals surface area contributed by atoms with E-state index in [1.807, 2.05) is 0 Å². The molecule has 3 aromatic carbocycles. The van der Waals surface area contributed by atoms with Gasteiger partial charge in [0.1, 0.15) is 0 Å². The van der Waals surface area contributed by atoms with E-state index in [2.05, 4.69) is 75.3 Å². The topological polar surface area (TPSA) is 32.3 Å². The fourth-order valence-corrected chi connectivity index (χ4v) is 5.38. The van der Waals surface area contributed by atoms with E-state index in [1.165, 1.54) is 80.0 Å². The predicted molar refractivity (Wildman–Crippen MR) is 138 cm³/mol. The van der Waals surface area contributed by atoms with Gasteiger partial charge in [0.05, 0.1) is 0 Å². The number of fused-ring (bicyclic) bond motifs is 5. The molecule has 1 fully saturated rings. The standard InChI is InChI=1S/C25H30N2.C4H4N2/c1-26-14-16-27(17-15-26)13-12-19-6-9-23-21(18-19)8-11-24-22-5-3-2-4-20(22)7-10-25(23)24;1-2-6-4-3-5-1/h2-5,7-8,10-11,19H,6,9,12-18H2,1H3;1-4H. The Bertz CT molecular complexity index is 1160. The molecule has 2 heterocycles. The summed E-state index contributed by atoms with van der Waals surface area (Å²) in [5.74, 6) is 0.857. The molecular weight excluding hydrogens is 404 g/mol. The van der Waals surface area contributed by atoms with Crippen molar-refractivity contribution < 1.29 is 0 Å². The highest BCUT2D eigenvalue weighted by Gasteiger charge is 2.22. The summed E-state index contributed by atoms with van der Waals surface area (Å²) >= 11 is 0. The number of nitrogens with zero attached hydrogens (tertiary/aromatic N) is 4. The van der Waals surface area contributed by atoms with Gasteiger partial charge >= 0.3 is 0 Å². The van der Waals surface area contributed by atoms with Crippen LogP contribution >= 0.6 is 0 Å². The van der Waals surface area contributed by atoms with Gasteiger partial charge in [0.2, 0.25) is 0 Å². The van der Waals surface area contributed by atoms with Crippen molar-refractivity contribution in [2.24, 2.45) is 5.92 Å². The number of hydrogen-bond acceptors (Lipinski definition) is 4. The third-order valence-corrected chi connectivity index (χ3v) is 7.37. The molecule has 0 saturated carbocycles. The molecule has 4 heteroatoms. The maximum atomic E-state index is 3.72. The molecule has 0 spiro atoms. The second-order valence-electron chi connectivity index (χ2n) is 9.52. The van der Waals surface area contributed by atoms with Crippen LogP contribution in [0.3, 0.4) is 0 Å². The molecule has 1 atom stereocenters.